The number of hydrazone groups is 1. The number of aromatic hydroxyl groups is 2. The Bertz CT molecular complexity index is 1960. The molecule has 4 aliphatic rings. The molecule has 0 bridgehead atoms. The summed E-state index contributed by atoms with van der Waals surface area (Å²) in [5, 5.41) is 60.6. The molecule has 54 heavy (non-hydrogen) atoms. The molecular weight excluding hydrogens is 704 g/mol. The molecule has 3 aliphatic carbocycles. The molecule has 16 nitrogen and oxygen atoms in total. The molecule has 0 aromatic heterocycles. The Morgan fingerprint density at radius 1 is 1.04 bits per heavy atom. The lowest BCUT2D eigenvalue weighted by molar-refractivity contribution is -0.137. The Balaban J connectivity index is 1.29. The Kier molecular flexibility index (Phi) is 10.9. The van der Waals surface area contributed by atoms with Gasteiger partial charge in [-0.15, -0.1) is 0 Å². The normalized spacial score (nSPS) is 26.4. The average molecular weight is 747 g/mol. The zero-order valence-electron chi connectivity index (χ0n) is 29.5. The van der Waals surface area contributed by atoms with Gasteiger partial charge in [0.25, 0.3) is 11.8 Å². The molecule has 3 amide bonds. The first-order valence-corrected chi connectivity index (χ1v) is 17.8. The highest BCUT2D eigenvalue weighted by atomic mass is 16.5. The van der Waals surface area contributed by atoms with Crippen LogP contribution in [0.4, 0.5) is 0 Å². The topological polar surface area (TPSA) is 266 Å². The number of amides is 3. The molecule has 2 aromatic rings. The van der Waals surface area contributed by atoms with Gasteiger partial charge in [-0.05, 0) is 31.6 Å². The molecule has 1 aliphatic heterocycles. The number of ether oxygens (including phenoxy) is 1. The van der Waals surface area contributed by atoms with Gasteiger partial charge in [-0.25, -0.2) is 5.43 Å². The van der Waals surface area contributed by atoms with Gasteiger partial charge in [0.15, 0.2) is 17.9 Å². The van der Waals surface area contributed by atoms with E-state index in [0.717, 1.165) is 4.90 Å². The lowest BCUT2D eigenvalue weighted by atomic mass is 9.71. The third-order valence-electron chi connectivity index (χ3n) is 10.8. The summed E-state index contributed by atoms with van der Waals surface area (Å²) in [5.74, 6) is -4.75. The van der Waals surface area contributed by atoms with E-state index < -0.39 is 101 Å². The van der Waals surface area contributed by atoms with E-state index in [4.69, 9.17) is 10.5 Å². The van der Waals surface area contributed by atoms with Crippen LogP contribution in [0.1, 0.15) is 111 Å². The number of imide groups is 1. The molecular formula is C38H42N4O12. The van der Waals surface area contributed by atoms with Crippen molar-refractivity contribution in [2.45, 2.75) is 88.2 Å². The van der Waals surface area contributed by atoms with Crippen molar-refractivity contribution in [1.82, 2.24) is 10.3 Å². The Morgan fingerprint density at radius 2 is 1.74 bits per heavy atom. The smallest absolute Gasteiger partial charge is 0.253 e. The fourth-order valence-electron chi connectivity index (χ4n) is 7.96. The number of hydrogen-bond acceptors (Lipinski definition) is 14. The number of fused-ring (bicyclic) bond motifs is 3. The molecule has 0 radical (unpaired) electrons. The summed E-state index contributed by atoms with van der Waals surface area (Å²) >= 11 is 0. The van der Waals surface area contributed by atoms with E-state index >= 15 is 0 Å². The predicted molar refractivity (Wildman–Crippen MR) is 189 cm³/mol. The number of aldehydes is 1. The highest BCUT2D eigenvalue weighted by Crippen LogP contribution is 2.52. The number of carbonyl (C=O) groups is 6. The van der Waals surface area contributed by atoms with Gasteiger partial charge in [0.2, 0.25) is 5.91 Å². The number of nitrogens with one attached hydrogen (secondary N) is 1. The fraction of sp³-hybridized carbons (Fsp3) is 0.447. The van der Waals surface area contributed by atoms with Crippen molar-refractivity contribution in [3.8, 4) is 11.5 Å². The Labute approximate surface area is 309 Å². The number of unbranched alkanes of at least 4 members (excludes halogenated alkanes) is 2. The quantitative estimate of drug-likeness (QED) is 0.0339. The maximum absolute atomic E-state index is 13.9. The van der Waals surface area contributed by atoms with Gasteiger partial charge in [-0.2, -0.15) is 5.10 Å². The van der Waals surface area contributed by atoms with E-state index in [9.17, 15) is 54.3 Å². The molecule has 5 unspecified atom stereocenters. The van der Waals surface area contributed by atoms with Crippen LogP contribution in [0.3, 0.4) is 0 Å². The summed E-state index contributed by atoms with van der Waals surface area (Å²) in [4.78, 5) is 76.8. The molecule has 0 saturated heterocycles. The van der Waals surface area contributed by atoms with Crippen LogP contribution in [-0.4, -0.2) is 109 Å². The zero-order chi connectivity index (χ0) is 39.1. The van der Waals surface area contributed by atoms with Crippen LogP contribution in [0.2, 0.25) is 0 Å². The molecule has 0 spiro atoms. The minimum absolute atomic E-state index is 0.00838. The maximum atomic E-state index is 13.9. The van der Waals surface area contributed by atoms with Crippen molar-refractivity contribution in [3.63, 3.8) is 0 Å². The number of aliphatic hydroxyl groups excluding tert-OH is 2. The third kappa shape index (κ3) is 6.98. The predicted octanol–water partition coefficient (Wildman–Crippen LogP) is 0.857. The largest absolute Gasteiger partial charge is 0.507 e. The van der Waals surface area contributed by atoms with Crippen molar-refractivity contribution >= 4 is 41.3 Å². The van der Waals surface area contributed by atoms with E-state index in [-0.39, 0.29) is 58.8 Å². The van der Waals surface area contributed by atoms with Crippen LogP contribution in [-0.2, 0) is 25.5 Å². The van der Waals surface area contributed by atoms with E-state index in [1.807, 2.05) is 0 Å². The van der Waals surface area contributed by atoms with Crippen LogP contribution in [0.15, 0.2) is 35.5 Å². The highest BCUT2D eigenvalue weighted by molar-refractivity contribution is 6.32. The van der Waals surface area contributed by atoms with Gasteiger partial charge in [0.05, 0.1) is 41.8 Å². The van der Waals surface area contributed by atoms with Crippen molar-refractivity contribution in [1.29, 1.82) is 0 Å². The van der Waals surface area contributed by atoms with Gasteiger partial charge in [-0.1, -0.05) is 31.5 Å². The van der Waals surface area contributed by atoms with Crippen molar-refractivity contribution in [2.75, 3.05) is 13.2 Å². The number of benzene rings is 2. The summed E-state index contributed by atoms with van der Waals surface area (Å²) in [7, 11) is 0. The van der Waals surface area contributed by atoms with Gasteiger partial charge < -0.3 is 36.0 Å². The van der Waals surface area contributed by atoms with Gasteiger partial charge in [0, 0.05) is 71.8 Å². The van der Waals surface area contributed by atoms with Gasteiger partial charge in [-0.3, -0.25) is 33.7 Å². The molecule has 8 N–H and O–H groups in total. The van der Waals surface area contributed by atoms with Crippen LogP contribution in [0.25, 0.3) is 0 Å². The summed E-state index contributed by atoms with van der Waals surface area (Å²) in [5.41, 5.74) is 4.27. The number of phenolic OH excluding ortho intramolecular Hbond substituents is 2. The van der Waals surface area contributed by atoms with Crippen LogP contribution in [0, 0.1) is 5.92 Å². The SMILES string of the molecule is CC1CC(O[C@H]2CC(O)(/C(CO)=N/NC(=O)CCCCCN3C(=O)C=CC3=O)Cc3c(O)c4c(c(O)c32)C(=O)c2c(C=O)cccc2C4=O)CC(N)C1O. The maximum Gasteiger partial charge on any atom is 0.253 e. The highest BCUT2D eigenvalue weighted by Gasteiger charge is 2.49. The zero-order valence-corrected chi connectivity index (χ0v) is 29.5. The average Bonchev–Trinajstić information content (AvgIpc) is 3.46. The number of phenols is 2. The van der Waals surface area contributed by atoms with Crippen LogP contribution >= 0.6 is 0 Å². The molecule has 1 fully saturated rings. The molecule has 6 atom stereocenters. The number of carbonyl (C=O) groups excluding carboxylic acids is 6. The number of rotatable bonds is 12. The Morgan fingerprint density at radius 3 is 2.41 bits per heavy atom. The molecule has 1 saturated carbocycles. The van der Waals surface area contributed by atoms with Crippen molar-refractivity contribution in [2.24, 2.45) is 16.8 Å². The number of hydrogen-bond donors (Lipinski definition) is 7. The first kappa shape index (κ1) is 38.6. The molecule has 2 aromatic carbocycles. The lowest BCUT2D eigenvalue weighted by Gasteiger charge is -2.43. The summed E-state index contributed by atoms with van der Waals surface area (Å²) < 4.78 is 6.45. The van der Waals surface area contributed by atoms with E-state index in [2.05, 4.69) is 10.5 Å². The summed E-state index contributed by atoms with van der Waals surface area (Å²) in [6.45, 7) is 1.13. The molecule has 286 valence electrons. The van der Waals surface area contributed by atoms with Crippen molar-refractivity contribution < 1.29 is 59.0 Å². The van der Waals surface area contributed by atoms with E-state index in [0.29, 0.717) is 32.0 Å². The first-order valence-electron chi connectivity index (χ1n) is 17.8. The second-order valence-corrected chi connectivity index (χ2v) is 14.4. The molecule has 1 heterocycles. The fourth-order valence-corrected chi connectivity index (χ4v) is 7.96. The molecule has 6 rings (SSSR count). The Hall–Kier alpha value is -5.13. The standard InChI is InChI=1S/C38H42N4O12/c1-18-12-20(13-23(39)33(18)48)54-24-15-38(53,25(17-44)40-41-26(45)8-3-2-4-11-42-27(46)9-10-28(42)47)14-22-30(24)37(52)32-31(35(22)50)34(49)21-7-5-6-19(16-43)29(21)36(32)51/h5-7,9-10,16,18,20,23-24,33,44,48,50,52-53H,2-4,8,11-15,17,39H2,1H3,(H,41,45)/b40-25+/t18?,20?,23?,24-,33?,38?/m0/s1. The minimum Gasteiger partial charge on any atom is -0.507 e. The second kappa shape index (κ2) is 15.3. The van der Waals surface area contributed by atoms with Crippen LogP contribution < -0.4 is 11.2 Å². The van der Waals surface area contributed by atoms with Crippen molar-refractivity contribution in [3.05, 3.63) is 69.3 Å². The second-order valence-electron chi connectivity index (χ2n) is 14.4. The first-order chi connectivity index (χ1) is 25.7. The number of ketones is 2. The van der Waals surface area contributed by atoms with Crippen LogP contribution in [0.5, 0.6) is 11.5 Å². The summed E-state index contributed by atoms with van der Waals surface area (Å²) in [6, 6.07) is 3.39. The molecule has 16 heteroatoms. The lowest BCUT2D eigenvalue weighted by Crippen LogP contribution is -2.50. The minimum atomic E-state index is -2.13. The van der Waals surface area contributed by atoms with Gasteiger partial charge in [0.1, 0.15) is 17.1 Å². The number of aliphatic hydroxyl groups is 3. The number of nitrogens with zero attached hydrogens (tertiary/aromatic N) is 2. The third-order valence-corrected chi connectivity index (χ3v) is 10.8. The number of nitrogens with two attached hydrogens (primary N) is 1. The monoisotopic (exact) mass is 746 g/mol. The van der Waals surface area contributed by atoms with E-state index in [1.54, 1.807) is 6.92 Å². The van der Waals surface area contributed by atoms with E-state index in [1.165, 1.54) is 30.4 Å². The van der Waals surface area contributed by atoms with Gasteiger partial charge >= 0.3 is 0 Å². The summed E-state index contributed by atoms with van der Waals surface area (Å²) in [6.07, 6.45) is 0.982.